The Labute approximate surface area is 218 Å². The van der Waals surface area contributed by atoms with Gasteiger partial charge in [0, 0.05) is 67.5 Å². The lowest BCUT2D eigenvalue weighted by Gasteiger charge is -2.27. The standard InChI is InChI=1S/C28H35N7O2/c1-29-21-8-11-34(19-21)9-5-10-35(23-12-24(36-3)15-25(13-23)37-4)22-6-7-26-27(14-22)32-28(17-30-26)20-16-31-33(2)18-20/h6-7,12-18,21,29H,5,8-11,19H2,1-4H3. The maximum atomic E-state index is 5.58. The van der Waals surface area contributed by atoms with Crippen LogP contribution in [0, 0.1) is 0 Å². The number of hydrogen-bond acceptors (Lipinski definition) is 8. The van der Waals surface area contributed by atoms with Gasteiger partial charge in [0.15, 0.2) is 0 Å². The number of ether oxygens (including phenoxy) is 2. The molecule has 1 N–H and O–H groups in total. The first-order valence-electron chi connectivity index (χ1n) is 12.7. The SMILES string of the molecule is CNC1CCN(CCCN(c2cc(OC)cc(OC)c2)c2ccc3ncc(-c4cnn(C)c4)nc3c2)C1. The lowest BCUT2D eigenvalue weighted by molar-refractivity contribution is 0.327. The number of aromatic nitrogens is 4. The third-order valence-corrected chi connectivity index (χ3v) is 7.02. The van der Waals surface area contributed by atoms with Crippen LogP contribution in [0.15, 0.2) is 55.0 Å². The number of rotatable bonds is 10. The van der Waals surface area contributed by atoms with Crippen LogP contribution in [-0.2, 0) is 7.05 Å². The molecule has 37 heavy (non-hydrogen) atoms. The molecule has 1 aliphatic rings. The molecule has 0 saturated carbocycles. The van der Waals surface area contributed by atoms with Crippen molar-refractivity contribution in [3.8, 4) is 22.8 Å². The van der Waals surface area contributed by atoms with E-state index in [0.29, 0.717) is 6.04 Å². The number of aryl methyl sites for hydroxylation is 1. The summed E-state index contributed by atoms with van der Waals surface area (Å²) in [5.74, 6) is 1.52. The van der Waals surface area contributed by atoms with E-state index >= 15 is 0 Å². The van der Waals surface area contributed by atoms with E-state index in [1.54, 1.807) is 25.1 Å². The largest absolute Gasteiger partial charge is 0.497 e. The third-order valence-electron chi connectivity index (χ3n) is 7.02. The number of benzene rings is 2. The zero-order chi connectivity index (χ0) is 25.8. The molecule has 1 aliphatic heterocycles. The van der Waals surface area contributed by atoms with Crippen molar-refractivity contribution >= 4 is 22.4 Å². The summed E-state index contributed by atoms with van der Waals surface area (Å²) in [6.45, 7) is 4.14. The van der Waals surface area contributed by atoms with E-state index in [1.165, 1.54) is 6.42 Å². The fourth-order valence-corrected chi connectivity index (χ4v) is 4.94. The van der Waals surface area contributed by atoms with Crippen molar-refractivity contribution in [1.29, 1.82) is 0 Å². The minimum Gasteiger partial charge on any atom is -0.497 e. The molecule has 1 unspecified atom stereocenters. The zero-order valence-electron chi connectivity index (χ0n) is 22.0. The van der Waals surface area contributed by atoms with Crippen molar-refractivity contribution < 1.29 is 9.47 Å². The average Bonchev–Trinajstić information content (AvgIpc) is 3.59. The highest BCUT2D eigenvalue weighted by Crippen LogP contribution is 2.34. The first-order chi connectivity index (χ1) is 18.1. The summed E-state index contributed by atoms with van der Waals surface area (Å²) in [6.07, 6.45) is 7.79. The summed E-state index contributed by atoms with van der Waals surface area (Å²) in [7, 11) is 7.31. The summed E-state index contributed by atoms with van der Waals surface area (Å²) in [6, 6.07) is 12.9. The van der Waals surface area contributed by atoms with Crippen molar-refractivity contribution in [2.75, 3.05) is 52.3 Å². The van der Waals surface area contributed by atoms with E-state index < -0.39 is 0 Å². The van der Waals surface area contributed by atoms with Gasteiger partial charge in [-0.3, -0.25) is 9.67 Å². The van der Waals surface area contributed by atoms with Gasteiger partial charge < -0.3 is 24.6 Å². The second-order valence-electron chi connectivity index (χ2n) is 9.48. The van der Waals surface area contributed by atoms with Crippen LogP contribution in [-0.4, -0.2) is 78.1 Å². The molecule has 0 aliphatic carbocycles. The molecule has 1 fully saturated rings. The highest BCUT2D eigenvalue weighted by molar-refractivity contribution is 5.82. The minimum atomic E-state index is 0.590. The Bertz CT molecular complexity index is 1330. The van der Waals surface area contributed by atoms with Crippen LogP contribution in [0.4, 0.5) is 11.4 Å². The molecule has 9 nitrogen and oxygen atoms in total. The van der Waals surface area contributed by atoms with Crippen molar-refractivity contribution in [1.82, 2.24) is 30.0 Å². The Kier molecular flexibility index (Phi) is 7.52. The lowest BCUT2D eigenvalue weighted by Crippen LogP contribution is -2.31. The second-order valence-corrected chi connectivity index (χ2v) is 9.48. The Hall–Kier alpha value is -3.69. The molecule has 0 bridgehead atoms. The van der Waals surface area contributed by atoms with Crippen molar-refractivity contribution in [2.45, 2.75) is 18.9 Å². The summed E-state index contributed by atoms with van der Waals surface area (Å²) in [5.41, 5.74) is 5.52. The smallest absolute Gasteiger partial charge is 0.124 e. The number of methoxy groups -OCH3 is 2. The number of nitrogens with zero attached hydrogens (tertiary/aromatic N) is 6. The van der Waals surface area contributed by atoms with Gasteiger partial charge in [-0.2, -0.15) is 5.10 Å². The lowest BCUT2D eigenvalue weighted by atomic mass is 10.1. The van der Waals surface area contributed by atoms with Gasteiger partial charge in [0.25, 0.3) is 0 Å². The maximum absolute atomic E-state index is 5.58. The van der Waals surface area contributed by atoms with Crippen molar-refractivity contribution in [2.24, 2.45) is 7.05 Å². The van der Waals surface area contributed by atoms with Gasteiger partial charge in [-0.15, -0.1) is 0 Å². The Morgan fingerprint density at radius 3 is 2.51 bits per heavy atom. The van der Waals surface area contributed by atoms with Crippen LogP contribution in [0.2, 0.25) is 0 Å². The van der Waals surface area contributed by atoms with Gasteiger partial charge in [-0.1, -0.05) is 0 Å². The van der Waals surface area contributed by atoms with Crippen molar-refractivity contribution in [3.63, 3.8) is 0 Å². The number of likely N-dealkylation sites (N-methyl/N-ethyl adjacent to an activating group) is 1. The van der Waals surface area contributed by atoms with Crippen molar-refractivity contribution in [3.05, 3.63) is 55.0 Å². The van der Waals surface area contributed by atoms with Gasteiger partial charge in [0.2, 0.25) is 0 Å². The van der Waals surface area contributed by atoms with Gasteiger partial charge in [-0.25, -0.2) is 4.98 Å². The molecule has 0 amide bonds. The first kappa shape index (κ1) is 25.0. The van der Waals surface area contributed by atoms with E-state index in [1.807, 2.05) is 31.6 Å². The molecule has 0 spiro atoms. The van der Waals surface area contributed by atoms with Crippen LogP contribution in [0.1, 0.15) is 12.8 Å². The maximum Gasteiger partial charge on any atom is 0.124 e. The third kappa shape index (κ3) is 5.68. The van der Waals surface area contributed by atoms with Gasteiger partial charge in [-0.05, 0) is 51.2 Å². The minimum absolute atomic E-state index is 0.590. The van der Waals surface area contributed by atoms with Crippen LogP contribution in [0.25, 0.3) is 22.3 Å². The van der Waals surface area contributed by atoms with Gasteiger partial charge in [0.1, 0.15) is 11.5 Å². The molecule has 3 heterocycles. The fourth-order valence-electron chi connectivity index (χ4n) is 4.94. The molecular weight excluding hydrogens is 466 g/mol. The van der Waals surface area contributed by atoms with Crippen LogP contribution in [0.3, 0.4) is 0 Å². The Morgan fingerprint density at radius 2 is 1.84 bits per heavy atom. The normalized spacial score (nSPS) is 15.8. The number of likely N-dealkylation sites (tertiary alicyclic amines) is 1. The zero-order valence-corrected chi connectivity index (χ0v) is 22.0. The molecule has 2 aromatic carbocycles. The topological polar surface area (TPSA) is 80.6 Å². The molecule has 194 valence electrons. The quantitative estimate of drug-likeness (QED) is 0.351. The van der Waals surface area contributed by atoms with E-state index in [0.717, 1.165) is 77.8 Å². The molecule has 1 saturated heterocycles. The van der Waals surface area contributed by atoms with E-state index in [-0.39, 0.29) is 0 Å². The first-order valence-corrected chi connectivity index (χ1v) is 12.7. The highest BCUT2D eigenvalue weighted by Gasteiger charge is 2.21. The highest BCUT2D eigenvalue weighted by atomic mass is 16.5. The van der Waals surface area contributed by atoms with E-state index in [2.05, 4.69) is 56.5 Å². The second kappa shape index (κ2) is 11.1. The molecule has 2 aromatic heterocycles. The van der Waals surface area contributed by atoms with E-state index in [9.17, 15) is 0 Å². The van der Waals surface area contributed by atoms with E-state index in [4.69, 9.17) is 14.5 Å². The summed E-state index contributed by atoms with van der Waals surface area (Å²) in [4.78, 5) is 14.4. The fraction of sp³-hybridized carbons (Fsp3) is 0.393. The van der Waals surface area contributed by atoms with Crippen LogP contribution >= 0.6 is 0 Å². The Balaban J connectivity index is 1.46. The average molecular weight is 502 g/mol. The molecule has 0 radical (unpaired) electrons. The summed E-state index contributed by atoms with van der Waals surface area (Å²) >= 11 is 0. The summed E-state index contributed by atoms with van der Waals surface area (Å²) in [5, 5.41) is 7.68. The number of nitrogens with one attached hydrogen (secondary N) is 1. The molecule has 9 heteroatoms. The van der Waals surface area contributed by atoms with Crippen LogP contribution in [0.5, 0.6) is 11.5 Å². The van der Waals surface area contributed by atoms with Gasteiger partial charge >= 0.3 is 0 Å². The molecular formula is C28H35N7O2. The monoisotopic (exact) mass is 501 g/mol. The molecule has 4 aromatic rings. The molecule has 1 atom stereocenters. The van der Waals surface area contributed by atoms with Gasteiger partial charge in [0.05, 0.1) is 43.3 Å². The number of hydrogen-bond donors (Lipinski definition) is 1. The Morgan fingerprint density at radius 1 is 1.03 bits per heavy atom. The summed E-state index contributed by atoms with van der Waals surface area (Å²) < 4.78 is 12.9. The predicted molar refractivity (Wildman–Crippen MR) is 147 cm³/mol. The molecule has 5 rings (SSSR count). The van der Waals surface area contributed by atoms with Crippen LogP contribution < -0.4 is 19.7 Å². The predicted octanol–water partition coefficient (Wildman–Crippen LogP) is 3.87. The number of anilines is 2. The number of fused-ring (bicyclic) bond motifs is 1.